The van der Waals surface area contributed by atoms with Crippen molar-refractivity contribution in [3.63, 3.8) is 0 Å². The van der Waals surface area contributed by atoms with Gasteiger partial charge in [0.1, 0.15) is 5.84 Å². The normalized spacial score (nSPS) is 18.1. The molecule has 0 spiro atoms. The molecular formula is C22H24BrN3O3S. The summed E-state index contributed by atoms with van der Waals surface area (Å²) in [6.45, 7) is 0.655. The first-order valence-corrected chi connectivity index (χ1v) is 12.4. The SMILES string of the molecule is O=C(Nc1ccc(S(=O)(=O)NC2=NCCCCC2)cc1)C1(c2cccc(Br)c2)CC1. The largest absolute Gasteiger partial charge is 0.325 e. The van der Waals surface area contributed by atoms with Gasteiger partial charge in [0.15, 0.2) is 0 Å². The third-order valence-corrected chi connectivity index (χ3v) is 7.50. The van der Waals surface area contributed by atoms with Gasteiger partial charge in [-0.25, -0.2) is 8.42 Å². The molecule has 1 aliphatic heterocycles. The van der Waals surface area contributed by atoms with Crippen molar-refractivity contribution in [1.29, 1.82) is 0 Å². The standard InChI is InChI=1S/C22H24BrN3O3S/c23-17-6-4-5-16(15-17)22(12-13-22)21(27)25-18-8-10-19(11-9-18)30(28,29)26-20-7-2-1-3-14-24-20/h4-6,8-11,15H,1-3,7,12-14H2,(H,24,26)(H,25,27). The molecule has 158 valence electrons. The van der Waals surface area contributed by atoms with Crippen LogP contribution in [0, 0.1) is 0 Å². The lowest BCUT2D eigenvalue weighted by atomic mass is 9.95. The first-order valence-electron chi connectivity index (χ1n) is 10.1. The van der Waals surface area contributed by atoms with Gasteiger partial charge in [-0.05, 0) is 67.6 Å². The van der Waals surface area contributed by atoms with Gasteiger partial charge in [0.25, 0.3) is 10.0 Å². The minimum absolute atomic E-state index is 0.0675. The van der Waals surface area contributed by atoms with Crippen LogP contribution in [0.1, 0.15) is 44.1 Å². The molecule has 30 heavy (non-hydrogen) atoms. The summed E-state index contributed by atoms with van der Waals surface area (Å²) in [5, 5.41) is 2.94. The van der Waals surface area contributed by atoms with Crippen molar-refractivity contribution >= 4 is 43.4 Å². The molecule has 0 saturated heterocycles. The van der Waals surface area contributed by atoms with E-state index in [4.69, 9.17) is 0 Å². The molecule has 4 rings (SSSR count). The number of carbonyl (C=O) groups excluding carboxylic acids is 1. The lowest BCUT2D eigenvalue weighted by Crippen LogP contribution is -2.30. The second kappa shape index (κ2) is 8.51. The van der Waals surface area contributed by atoms with Crippen LogP contribution in [0.25, 0.3) is 0 Å². The second-order valence-electron chi connectivity index (χ2n) is 7.82. The molecule has 0 radical (unpaired) electrons. The Morgan fingerprint density at radius 2 is 1.80 bits per heavy atom. The highest BCUT2D eigenvalue weighted by molar-refractivity contribution is 9.10. The minimum Gasteiger partial charge on any atom is -0.325 e. The third-order valence-electron chi connectivity index (χ3n) is 5.61. The molecule has 0 atom stereocenters. The van der Waals surface area contributed by atoms with Gasteiger partial charge in [-0.3, -0.25) is 14.5 Å². The monoisotopic (exact) mass is 489 g/mol. The smallest absolute Gasteiger partial charge is 0.262 e. The van der Waals surface area contributed by atoms with Crippen molar-refractivity contribution in [3.8, 4) is 0 Å². The van der Waals surface area contributed by atoms with E-state index in [1.54, 1.807) is 12.1 Å². The second-order valence-corrected chi connectivity index (χ2v) is 10.4. The number of sulfonamides is 1. The van der Waals surface area contributed by atoms with E-state index in [-0.39, 0.29) is 10.8 Å². The summed E-state index contributed by atoms with van der Waals surface area (Å²) in [5.41, 5.74) is 1.06. The molecule has 2 aromatic carbocycles. The van der Waals surface area contributed by atoms with Gasteiger partial charge >= 0.3 is 0 Å². The first kappa shape index (κ1) is 21.1. The van der Waals surface area contributed by atoms with Crippen LogP contribution in [-0.4, -0.2) is 26.7 Å². The maximum absolute atomic E-state index is 12.9. The number of carbonyl (C=O) groups is 1. The third kappa shape index (κ3) is 4.59. The van der Waals surface area contributed by atoms with Crippen molar-refractivity contribution in [2.24, 2.45) is 4.99 Å². The number of nitrogens with one attached hydrogen (secondary N) is 2. The zero-order valence-electron chi connectivity index (χ0n) is 16.5. The van der Waals surface area contributed by atoms with E-state index in [2.05, 4.69) is 31.0 Å². The molecule has 0 unspecified atom stereocenters. The van der Waals surface area contributed by atoms with Crippen LogP contribution in [0.5, 0.6) is 0 Å². The number of nitrogens with zero attached hydrogens (tertiary/aromatic N) is 1. The van der Waals surface area contributed by atoms with Gasteiger partial charge in [0, 0.05) is 23.1 Å². The number of amides is 1. The van der Waals surface area contributed by atoms with Crippen LogP contribution >= 0.6 is 15.9 Å². The predicted octanol–water partition coefficient (Wildman–Crippen LogP) is 4.37. The van der Waals surface area contributed by atoms with E-state index in [1.807, 2.05) is 24.3 Å². The molecule has 0 aromatic heterocycles. The molecule has 0 bridgehead atoms. The van der Waals surface area contributed by atoms with Crippen LogP contribution in [0.3, 0.4) is 0 Å². The van der Waals surface area contributed by atoms with Crippen LogP contribution in [0.15, 0.2) is 62.9 Å². The number of benzene rings is 2. The Balaban J connectivity index is 1.45. The number of amidine groups is 1. The Kier molecular flexibility index (Phi) is 5.97. The molecule has 1 aliphatic carbocycles. The Bertz CT molecular complexity index is 1080. The predicted molar refractivity (Wildman–Crippen MR) is 121 cm³/mol. The minimum atomic E-state index is -3.68. The fourth-order valence-corrected chi connectivity index (χ4v) is 5.19. The van der Waals surface area contributed by atoms with Gasteiger partial charge in [-0.1, -0.05) is 34.5 Å². The van der Waals surface area contributed by atoms with Crippen molar-refractivity contribution < 1.29 is 13.2 Å². The van der Waals surface area contributed by atoms with Crippen LogP contribution in [0.4, 0.5) is 5.69 Å². The quantitative estimate of drug-likeness (QED) is 0.653. The zero-order chi connectivity index (χ0) is 21.2. The zero-order valence-corrected chi connectivity index (χ0v) is 18.9. The number of halogens is 1. The Morgan fingerprint density at radius 1 is 1.03 bits per heavy atom. The Morgan fingerprint density at radius 3 is 2.50 bits per heavy atom. The summed E-state index contributed by atoms with van der Waals surface area (Å²) in [6.07, 6.45) is 5.23. The molecule has 1 saturated carbocycles. The van der Waals surface area contributed by atoms with Gasteiger partial charge in [-0.15, -0.1) is 0 Å². The van der Waals surface area contributed by atoms with Crippen molar-refractivity contribution in [3.05, 3.63) is 58.6 Å². The van der Waals surface area contributed by atoms with Gasteiger partial charge in [0.05, 0.1) is 10.3 Å². The summed E-state index contributed by atoms with van der Waals surface area (Å²) >= 11 is 3.46. The van der Waals surface area contributed by atoms with Crippen molar-refractivity contribution in [2.75, 3.05) is 11.9 Å². The number of hydrogen-bond acceptors (Lipinski definition) is 4. The Labute approximate surface area is 185 Å². The summed E-state index contributed by atoms with van der Waals surface area (Å²) in [6, 6.07) is 14.1. The van der Waals surface area contributed by atoms with Gasteiger partial charge in [0.2, 0.25) is 5.91 Å². The molecule has 2 N–H and O–H groups in total. The molecule has 2 aromatic rings. The van der Waals surface area contributed by atoms with E-state index in [9.17, 15) is 13.2 Å². The van der Waals surface area contributed by atoms with Crippen LogP contribution in [-0.2, 0) is 20.2 Å². The molecule has 1 amide bonds. The molecule has 1 heterocycles. The summed E-state index contributed by atoms with van der Waals surface area (Å²) in [5.74, 6) is 0.455. The fraction of sp³-hybridized carbons (Fsp3) is 0.364. The topological polar surface area (TPSA) is 87.6 Å². The fourth-order valence-electron chi connectivity index (χ4n) is 3.70. The van der Waals surface area contributed by atoms with E-state index in [0.717, 1.165) is 42.1 Å². The van der Waals surface area contributed by atoms with Gasteiger partial charge < -0.3 is 5.32 Å². The summed E-state index contributed by atoms with van der Waals surface area (Å²) < 4.78 is 28.8. The lowest BCUT2D eigenvalue weighted by molar-refractivity contribution is -0.118. The lowest BCUT2D eigenvalue weighted by Gasteiger charge is -2.16. The first-order chi connectivity index (χ1) is 14.4. The van der Waals surface area contributed by atoms with E-state index >= 15 is 0 Å². The number of hydrogen-bond donors (Lipinski definition) is 2. The van der Waals surface area contributed by atoms with Crippen LogP contribution in [0.2, 0.25) is 0 Å². The summed E-state index contributed by atoms with van der Waals surface area (Å²) in [7, 11) is -3.68. The van der Waals surface area contributed by atoms with E-state index < -0.39 is 15.4 Å². The molecule has 2 aliphatic rings. The highest BCUT2D eigenvalue weighted by Crippen LogP contribution is 2.49. The van der Waals surface area contributed by atoms with Crippen LogP contribution < -0.4 is 10.0 Å². The van der Waals surface area contributed by atoms with Gasteiger partial charge in [-0.2, -0.15) is 0 Å². The number of aliphatic imine (C=N–C) groups is 1. The maximum atomic E-state index is 12.9. The number of rotatable bonds is 5. The summed E-state index contributed by atoms with van der Waals surface area (Å²) in [4.78, 5) is 17.4. The molecule has 1 fully saturated rings. The molecule has 8 heteroatoms. The molecular weight excluding hydrogens is 466 g/mol. The average Bonchev–Trinajstić information content (AvgIpc) is 3.54. The van der Waals surface area contributed by atoms with Crippen molar-refractivity contribution in [1.82, 2.24) is 4.72 Å². The van der Waals surface area contributed by atoms with Crippen molar-refractivity contribution in [2.45, 2.75) is 48.8 Å². The maximum Gasteiger partial charge on any atom is 0.262 e. The number of anilines is 1. The average molecular weight is 490 g/mol. The van der Waals surface area contributed by atoms with E-state index in [0.29, 0.717) is 24.5 Å². The molecule has 6 nitrogen and oxygen atoms in total. The highest BCUT2D eigenvalue weighted by atomic mass is 79.9. The Hall–Kier alpha value is -2.19. The van der Waals surface area contributed by atoms with E-state index in [1.165, 1.54) is 12.1 Å². The highest BCUT2D eigenvalue weighted by Gasteiger charge is 2.51.